The maximum Gasteiger partial charge on any atom is 0.305 e. The van der Waals surface area contributed by atoms with Gasteiger partial charge in [-0.3, -0.25) is 19.1 Å². The number of amides is 2. The highest BCUT2D eigenvalue weighted by atomic mass is 16.4. The number of carboxylic acid groups (broad SMARTS) is 1. The highest BCUT2D eigenvalue weighted by molar-refractivity contribution is 5.99. The summed E-state index contributed by atoms with van der Waals surface area (Å²) in [5.41, 5.74) is 1.06. The van der Waals surface area contributed by atoms with Gasteiger partial charge in [-0.2, -0.15) is 5.10 Å². The quantitative estimate of drug-likeness (QED) is 0.750. The maximum absolute atomic E-state index is 12.5. The van der Waals surface area contributed by atoms with Crippen molar-refractivity contribution in [3.05, 3.63) is 17.5 Å². The zero-order valence-corrected chi connectivity index (χ0v) is 11.3. The largest absolute Gasteiger partial charge is 0.481 e. The lowest BCUT2D eigenvalue weighted by atomic mass is 10.1. The van der Waals surface area contributed by atoms with E-state index < -0.39 is 24.3 Å². The van der Waals surface area contributed by atoms with Crippen LogP contribution < -0.4 is 5.32 Å². The molecule has 0 radical (unpaired) electrons. The summed E-state index contributed by atoms with van der Waals surface area (Å²) in [6.07, 6.45) is 1.03. The summed E-state index contributed by atoms with van der Waals surface area (Å²) < 4.78 is 1.56. The van der Waals surface area contributed by atoms with Gasteiger partial charge in [-0.25, -0.2) is 0 Å². The monoisotopic (exact) mass is 280 g/mol. The van der Waals surface area contributed by atoms with Crippen LogP contribution in [0.1, 0.15) is 22.5 Å². The summed E-state index contributed by atoms with van der Waals surface area (Å²) in [6, 6.07) is -0.978. The fourth-order valence-electron chi connectivity index (χ4n) is 2.19. The number of rotatable bonds is 3. The first-order chi connectivity index (χ1) is 9.41. The zero-order chi connectivity index (χ0) is 14.9. The maximum atomic E-state index is 12.5. The van der Waals surface area contributed by atoms with Gasteiger partial charge < -0.3 is 15.3 Å². The third-order valence-corrected chi connectivity index (χ3v) is 3.43. The minimum atomic E-state index is -1.12. The molecule has 2 heterocycles. The molecule has 20 heavy (non-hydrogen) atoms. The Labute approximate surface area is 115 Å². The van der Waals surface area contributed by atoms with E-state index in [0.717, 1.165) is 0 Å². The first kappa shape index (κ1) is 14.0. The third kappa shape index (κ3) is 2.49. The van der Waals surface area contributed by atoms with Crippen molar-refractivity contribution >= 4 is 17.8 Å². The van der Waals surface area contributed by atoms with Gasteiger partial charge in [0.1, 0.15) is 6.04 Å². The van der Waals surface area contributed by atoms with Crippen molar-refractivity contribution in [1.82, 2.24) is 20.0 Å². The molecule has 1 saturated heterocycles. The highest BCUT2D eigenvalue weighted by Crippen LogP contribution is 2.16. The molecule has 8 nitrogen and oxygen atoms in total. The van der Waals surface area contributed by atoms with Crippen LogP contribution in [0, 0.1) is 6.92 Å². The summed E-state index contributed by atoms with van der Waals surface area (Å²) >= 11 is 0. The van der Waals surface area contributed by atoms with Gasteiger partial charge >= 0.3 is 5.97 Å². The summed E-state index contributed by atoms with van der Waals surface area (Å²) in [4.78, 5) is 36.4. The minimum Gasteiger partial charge on any atom is -0.481 e. The standard InChI is InChI=1S/C12H16N4O4/c1-7-8(6-14-15(7)2)12(20)16-4-3-13-11(19)9(16)5-10(17)18/h6,9H,3-5H2,1-2H3,(H,13,19)(H,17,18). The van der Waals surface area contributed by atoms with Gasteiger partial charge in [0.15, 0.2) is 0 Å². The Kier molecular flexibility index (Phi) is 3.73. The molecule has 0 bridgehead atoms. The summed E-state index contributed by atoms with van der Waals surface area (Å²) in [5, 5.41) is 15.4. The van der Waals surface area contributed by atoms with E-state index >= 15 is 0 Å². The van der Waals surface area contributed by atoms with Crippen LogP contribution in [0.15, 0.2) is 6.20 Å². The Balaban J connectivity index is 2.28. The lowest BCUT2D eigenvalue weighted by Crippen LogP contribution is -2.57. The van der Waals surface area contributed by atoms with E-state index in [0.29, 0.717) is 17.8 Å². The molecule has 2 N–H and O–H groups in total. The van der Waals surface area contributed by atoms with Crippen molar-refractivity contribution in [2.75, 3.05) is 13.1 Å². The van der Waals surface area contributed by atoms with Crippen LogP contribution in [0.2, 0.25) is 0 Å². The Hall–Kier alpha value is -2.38. The predicted molar refractivity (Wildman–Crippen MR) is 68.0 cm³/mol. The molecule has 8 heteroatoms. The van der Waals surface area contributed by atoms with Crippen LogP contribution in [0.3, 0.4) is 0 Å². The van der Waals surface area contributed by atoms with E-state index in [9.17, 15) is 14.4 Å². The average Bonchev–Trinajstić information content (AvgIpc) is 2.71. The molecule has 1 aromatic rings. The summed E-state index contributed by atoms with van der Waals surface area (Å²) in [5.74, 6) is -1.92. The van der Waals surface area contributed by atoms with Gasteiger partial charge in [-0.1, -0.05) is 0 Å². The van der Waals surface area contributed by atoms with E-state index in [2.05, 4.69) is 10.4 Å². The molecule has 1 aliphatic heterocycles. The van der Waals surface area contributed by atoms with Crippen molar-refractivity contribution < 1.29 is 19.5 Å². The normalized spacial score (nSPS) is 18.8. The number of piperazine rings is 1. The predicted octanol–water partition coefficient (Wildman–Crippen LogP) is -0.856. The van der Waals surface area contributed by atoms with Crippen LogP contribution in [-0.4, -0.2) is 56.7 Å². The fourth-order valence-corrected chi connectivity index (χ4v) is 2.19. The number of nitrogens with zero attached hydrogens (tertiary/aromatic N) is 3. The molecule has 108 valence electrons. The van der Waals surface area contributed by atoms with Gasteiger partial charge in [-0.15, -0.1) is 0 Å². The smallest absolute Gasteiger partial charge is 0.305 e. The second-order valence-corrected chi connectivity index (χ2v) is 4.67. The molecule has 0 aliphatic carbocycles. The van der Waals surface area contributed by atoms with Gasteiger partial charge in [0.2, 0.25) is 5.91 Å². The Morgan fingerprint density at radius 1 is 1.55 bits per heavy atom. The number of hydrogen-bond donors (Lipinski definition) is 2. The number of carboxylic acids is 1. The van der Waals surface area contributed by atoms with Crippen LogP contribution in [0.5, 0.6) is 0 Å². The molecular weight excluding hydrogens is 264 g/mol. The average molecular weight is 280 g/mol. The van der Waals surface area contributed by atoms with Gasteiger partial charge in [0.05, 0.1) is 18.2 Å². The van der Waals surface area contributed by atoms with Crippen LogP contribution in [-0.2, 0) is 16.6 Å². The Morgan fingerprint density at radius 2 is 2.25 bits per heavy atom. The van der Waals surface area contributed by atoms with E-state index in [1.165, 1.54) is 11.1 Å². The molecule has 1 fully saturated rings. The summed E-state index contributed by atoms with van der Waals surface area (Å²) in [6.45, 7) is 2.35. The van der Waals surface area contributed by atoms with Crippen LogP contribution >= 0.6 is 0 Å². The highest BCUT2D eigenvalue weighted by Gasteiger charge is 2.36. The third-order valence-electron chi connectivity index (χ3n) is 3.43. The van der Waals surface area contributed by atoms with Crippen molar-refractivity contribution in [1.29, 1.82) is 0 Å². The van der Waals surface area contributed by atoms with Crippen molar-refractivity contribution in [3.8, 4) is 0 Å². The first-order valence-electron chi connectivity index (χ1n) is 6.21. The molecule has 0 saturated carbocycles. The second-order valence-electron chi connectivity index (χ2n) is 4.67. The topological polar surface area (TPSA) is 105 Å². The SMILES string of the molecule is Cc1c(C(=O)N2CCNC(=O)C2CC(=O)O)cnn1C. The molecule has 0 aromatic carbocycles. The first-order valence-corrected chi connectivity index (χ1v) is 6.21. The number of aliphatic carboxylic acids is 1. The van der Waals surface area contributed by atoms with E-state index in [1.807, 2.05) is 0 Å². The Morgan fingerprint density at radius 3 is 2.80 bits per heavy atom. The molecule has 1 aromatic heterocycles. The van der Waals surface area contributed by atoms with E-state index in [-0.39, 0.29) is 12.5 Å². The van der Waals surface area contributed by atoms with Crippen LogP contribution in [0.4, 0.5) is 0 Å². The summed E-state index contributed by atoms with van der Waals surface area (Å²) in [7, 11) is 1.71. The van der Waals surface area contributed by atoms with Gasteiger partial charge in [-0.05, 0) is 6.92 Å². The number of aryl methyl sites for hydroxylation is 1. The number of carbonyl (C=O) groups excluding carboxylic acids is 2. The molecule has 0 spiro atoms. The van der Waals surface area contributed by atoms with Crippen molar-refractivity contribution in [2.24, 2.45) is 7.05 Å². The Bertz CT molecular complexity index is 566. The zero-order valence-electron chi connectivity index (χ0n) is 11.3. The number of hydrogen-bond acceptors (Lipinski definition) is 4. The lowest BCUT2D eigenvalue weighted by Gasteiger charge is -2.34. The fraction of sp³-hybridized carbons (Fsp3) is 0.500. The number of nitrogens with one attached hydrogen (secondary N) is 1. The molecule has 1 aliphatic rings. The molecule has 2 rings (SSSR count). The molecule has 1 unspecified atom stereocenters. The molecule has 1 atom stereocenters. The van der Waals surface area contributed by atoms with Gasteiger partial charge in [0.25, 0.3) is 5.91 Å². The second kappa shape index (κ2) is 5.32. The molecular formula is C12H16N4O4. The number of aromatic nitrogens is 2. The lowest BCUT2D eigenvalue weighted by molar-refractivity contribution is -0.142. The van der Waals surface area contributed by atoms with E-state index in [4.69, 9.17) is 5.11 Å². The van der Waals surface area contributed by atoms with E-state index in [1.54, 1.807) is 18.7 Å². The van der Waals surface area contributed by atoms with Crippen molar-refractivity contribution in [2.45, 2.75) is 19.4 Å². The molecule has 2 amide bonds. The minimum absolute atomic E-state index is 0.289. The van der Waals surface area contributed by atoms with Crippen molar-refractivity contribution in [3.63, 3.8) is 0 Å². The van der Waals surface area contributed by atoms with Gasteiger partial charge in [0, 0.05) is 25.8 Å². The number of carbonyl (C=O) groups is 3. The van der Waals surface area contributed by atoms with Crippen LogP contribution in [0.25, 0.3) is 0 Å².